The van der Waals surface area contributed by atoms with Crippen LogP contribution in [0.5, 0.6) is 0 Å². The Hall–Kier alpha value is -0.850. The van der Waals surface area contributed by atoms with E-state index in [-0.39, 0.29) is 0 Å². The summed E-state index contributed by atoms with van der Waals surface area (Å²) in [6.45, 7) is 12.1. The zero-order valence-electron chi connectivity index (χ0n) is 17.9. The largest absolute Gasteiger partial charge is 0.376 e. The van der Waals surface area contributed by atoms with E-state index in [1.165, 1.54) is 25.7 Å². The SMILES string of the molecule is CCCCN(C)CCN=C(NCC)N1CCC(OCC2CCCCO2)CC1. The molecule has 0 aromatic heterocycles. The Balaban J connectivity index is 1.69. The van der Waals surface area contributed by atoms with Crippen molar-refractivity contribution in [3.8, 4) is 0 Å². The van der Waals surface area contributed by atoms with Crippen LogP contribution in [0.25, 0.3) is 0 Å². The highest BCUT2D eigenvalue weighted by molar-refractivity contribution is 5.80. The Labute approximate surface area is 166 Å². The summed E-state index contributed by atoms with van der Waals surface area (Å²) in [5.74, 6) is 1.07. The molecular formula is C21H42N4O2. The standard InChI is InChI=1S/C21H42N4O2/c1-4-6-13-24(3)16-12-23-21(22-5-2)25-14-10-19(11-15-25)27-18-20-9-7-8-17-26-20/h19-20H,4-18H2,1-3H3,(H,22,23). The summed E-state index contributed by atoms with van der Waals surface area (Å²) in [6.07, 6.45) is 9.00. The molecule has 2 aliphatic heterocycles. The van der Waals surface area contributed by atoms with Gasteiger partial charge in [-0.25, -0.2) is 0 Å². The van der Waals surface area contributed by atoms with Crippen LogP contribution in [0, 0.1) is 0 Å². The molecule has 1 N–H and O–H groups in total. The van der Waals surface area contributed by atoms with Gasteiger partial charge < -0.3 is 24.6 Å². The van der Waals surface area contributed by atoms with Gasteiger partial charge in [0, 0.05) is 32.8 Å². The number of likely N-dealkylation sites (N-methyl/N-ethyl adjacent to an activating group) is 1. The molecule has 2 rings (SSSR count). The highest BCUT2D eigenvalue weighted by Gasteiger charge is 2.23. The number of hydrogen-bond acceptors (Lipinski definition) is 4. The monoisotopic (exact) mass is 382 g/mol. The van der Waals surface area contributed by atoms with Crippen LogP contribution in [0.2, 0.25) is 0 Å². The van der Waals surface area contributed by atoms with Crippen molar-refractivity contribution >= 4 is 5.96 Å². The molecule has 1 atom stereocenters. The summed E-state index contributed by atoms with van der Waals surface area (Å²) in [5.41, 5.74) is 0. The molecular weight excluding hydrogens is 340 g/mol. The lowest BCUT2D eigenvalue weighted by Crippen LogP contribution is -2.47. The van der Waals surface area contributed by atoms with Gasteiger partial charge in [0.05, 0.1) is 25.4 Å². The third kappa shape index (κ3) is 8.79. The molecule has 2 saturated heterocycles. The lowest BCUT2D eigenvalue weighted by Gasteiger charge is -2.35. The Bertz CT molecular complexity index is 405. The number of nitrogens with zero attached hydrogens (tertiary/aromatic N) is 3. The third-order valence-electron chi connectivity index (χ3n) is 5.50. The van der Waals surface area contributed by atoms with Crippen molar-refractivity contribution in [3.63, 3.8) is 0 Å². The smallest absolute Gasteiger partial charge is 0.193 e. The van der Waals surface area contributed by atoms with Crippen molar-refractivity contribution in [2.24, 2.45) is 4.99 Å². The van der Waals surface area contributed by atoms with E-state index < -0.39 is 0 Å². The van der Waals surface area contributed by atoms with Crippen LogP contribution in [0.3, 0.4) is 0 Å². The first-order chi connectivity index (χ1) is 13.2. The van der Waals surface area contributed by atoms with Gasteiger partial charge in [-0.3, -0.25) is 4.99 Å². The minimum atomic E-state index is 0.320. The molecule has 0 amide bonds. The maximum absolute atomic E-state index is 6.14. The van der Waals surface area contributed by atoms with Gasteiger partial charge in [-0.2, -0.15) is 0 Å². The number of aliphatic imine (C=N–C) groups is 1. The van der Waals surface area contributed by atoms with Gasteiger partial charge >= 0.3 is 0 Å². The predicted molar refractivity (Wildman–Crippen MR) is 113 cm³/mol. The quantitative estimate of drug-likeness (QED) is 0.465. The molecule has 158 valence electrons. The maximum atomic E-state index is 6.14. The fourth-order valence-corrected chi connectivity index (χ4v) is 3.71. The summed E-state index contributed by atoms with van der Waals surface area (Å²) < 4.78 is 11.9. The molecule has 2 fully saturated rings. The van der Waals surface area contributed by atoms with Crippen LogP contribution in [-0.4, -0.2) is 87.5 Å². The summed E-state index contributed by atoms with van der Waals surface area (Å²) in [4.78, 5) is 9.63. The number of nitrogens with one attached hydrogen (secondary N) is 1. The van der Waals surface area contributed by atoms with Gasteiger partial charge in [-0.05, 0) is 59.0 Å². The normalized spacial score (nSPS) is 22.4. The van der Waals surface area contributed by atoms with Gasteiger partial charge in [0.25, 0.3) is 0 Å². The second kappa shape index (κ2) is 13.3. The van der Waals surface area contributed by atoms with Gasteiger partial charge in [0.2, 0.25) is 0 Å². The van der Waals surface area contributed by atoms with Gasteiger partial charge in [0.15, 0.2) is 5.96 Å². The number of unbranched alkanes of at least 4 members (excludes halogenated alkanes) is 1. The molecule has 6 nitrogen and oxygen atoms in total. The molecule has 0 bridgehead atoms. The topological polar surface area (TPSA) is 49.3 Å². The molecule has 1 unspecified atom stereocenters. The molecule has 0 radical (unpaired) electrons. The first kappa shape index (κ1) is 22.4. The van der Waals surface area contributed by atoms with Crippen molar-refractivity contribution in [1.82, 2.24) is 15.1 Å². The molecule has 0 saturated carbocycles. The van der Waals surface area contributed by atoms with E-state index in [0.717, 1.165) is 77.7 Å². The van der Waals surface area contributed by atoms with E-state index in [0.29, 0.717) is 12.2 Å². The maximum Gasteiger partial charge on any atom is 0.193 e. The van der Waals surface area contributed by atoms with Crippen molar-refractivity contribution < 1.29 is 9.47 Å². The first-order valence-electron chi connectivity index (χ1n) is 11.2. The molecule has 2 aliphatic rings. The van der Waals surface area contributed by atoms with E-state index in [2.05, 4.69) is 36.0 Å². The number of rotatable bonds is 10. The van der Waals surface area contributed by atoms with Gasteiger partial charge in [0.1, 0.15) is 0 Å². The Kier molecular flexibility index (Phi) is 11.1. The fraction of sp³-hybridized carbons (Fsp3) is 0.952. The van der Waals surface area contributed by atoms with Crippen molar-refractivity contribution in [2.45, 2.75) is 71.0 Å². The summed E-state index contributed by atoms with van der Waals surface area (Å²) in [7, 11) is 2.19. The minimum Gasteiger partial charge on any atom is -0.376 e. The van der Waals surface area contributed by atoms with Crippen molar-refractivity contribution in [2.75, 3.05) is 59.5 Å². The molecule has 6 heteroatoms. The highest BCUT2D eigenvalue weighted by atomic mass is 16.5. The van der Waals surface area contributed by atoms with Crippen LogP contribution < -0.4 is 5.32 Å². The van der Waals surface area contributed by atoms with E-state index >= 15 is 0 Å². The predicted octanol–water partition coefficient (Wildman–Crippen LogP) is 2.73. The Morgan fingerprint density at radius 3 is 2.67 bits per heavy atom. The third-order valence-corrected chi connectivity index (χ3v) is 5.50. The average molecular weight is 383 g/mol. The summed E-state index contributed by atoms with van der Waals surface area (Å²) in [6, 6.07) is 0. The lowest BCUT2D eigenvalue weighted by atomic mass is 10.1. The summed E-state index contributed by atoms with van der Waals surface area (Å²) in [5, 5.41) is 3.46. The van der Waals surface area contributed by atoms with Crippen LogP contribution in [0.1, 0.15) is 58.8 Å². The molecule has 0 spiro atoms. The molecule has 0 aliphatic carbocycles. The van der Waals surface area contributed by atoms with Gasteiger partial charge in [-0.1, -0.05) is 13.3 Å². The Morgan fingerprint density at radius 2 is 2.00 bits per heavy atom. The summed E-state index contributed by atoms with van der Waals surface area (Å²) >= 11 is 0. The minimum absolute atomic E-state index is 0.320. The van der Waals surface area contributed by atoms with Crippen LogP contribution in [0.4, 0.5) is 0 Å². The van der Waals surface area contributed by atoms with Crippen molar-refractivity contribution in [1.29, 1.82) is 0 Å². The molecule has 0 aromatic carbocycles. The van der Waals surface area contributed by atoms with E-state index in [1.807, 2.05) is 0 Å². The van der Waals surface area contributed by atoms with E-state index in [9.17, 15) is 0 Å². The second-order valence-electron chi connectivity index (χ2n) is 7.90. The van der Waals surface area contributed by atoms with Crippen molar-refractivity contribution in [3.05, 3.63) is 0 Å². The average Bonchev–Trinajstić information content (AvgIpc) is 2.71. The van der Waals surface area contributed by atoms with Gasteiger partial charge in [-0.15, -0.1) is 0 Å². The zero-order valence-corrected chi connectivity index (χ0v) is 17.9. The number of guanidine groups is 1. The first-order valence-corrected chi connectivity index (χ1v) is 11.2. The van der Waals surface area contributed by atoms with E-state index in [4.69, 9.17) is 14.5 Å². The number of hydrogen-bond donors (Lipinski definition) is 1. The molecule has 27 heavy (non-hydrogen) atoms. The van der Waals surface area contributed by atoms with E-state index in [1.54, 1.807) is 0 Å². The fourth-order valence-electron chi connectivity index (χ4n) is 3.71. The highest BCUT2D eigenvalue weighted by Crippen LogP contribution is 2.18. The molecule has 2 heterocycles. The second-order valence-corrected chi connectivity index (χ2v) is 7.90. The lowest BCUT2D eigenvalue weighted by molar-refractivity contribution is -0.0721. The Morgan fingerprint density at radius 1 is 1.19 bits per heavy atom. The molecule has 0 aromatic rings. The number of ether oxygens (including phenoxy) is 2. The van der Waals surface area contributed by atoms with Crippen LogP contribution >= 0.6 is 0 Å². The van der Waals surface area contributed by atoms with Crippen LogP contribution in [-0.2, 0) is 9.47 Å². The zero-order chi connectivity index (χ0) is 19.3. The number of piperidine rings is 1. The van der Waals surface area contributed by atoms with Crippen LogP contribution in [0.15, 0.2) is 4.99 Å². The number of likely N-dealkylation sites (tertiary alicyclic amines) is 1.